The van der Waals surface area contributed by atoms with Crippen molar-refractivity contribution in [3.05, 3.63) is 83.4 Å². The Morgan fingerprint density at radius 1 is 0.445 bits per heavy atom. The van der Waals surface area contributed by atoms with Gasteiger partial charge in [-0.1, -0.05) is 242 Å². The fraction of sp³-hybridized carbons (Fsp3) is 0.819. The number of hydrogen-bond acceptors (Lipinski definition) is 15. The van der Waals surface area contributed by atoms with Crippen LogP contribution in [0.4, 0.5) is 17.5 Å². The number of fused-ring (bicyclic) bond motifs is 24. The molecule has 4 aromatic heterocycles. The summed E-state index contributed by atoms with van der Waals surface area (Å²) < 4.78 is 0. The van der Waals surface area contributed by atoms with Gasteiger partial charge in [-0.2, -0.15) is 20.4 Å². The van der Waals surface area contributed by atoms with Crippen LogP contribution < -0.4 is 52.7 Å². The van der Waals surface area contributed by atoms with E-state index in [0.717, 1.165) is 121 Å². The van der Waals surface area contributed by atoms with Crippen molar-refractivity contribution in [2.75, 3.05) is 43.4 Å². The molecule has 0 aromatic carbocycles. The van der Waals surface area contributed by atoms with Crippen molar-refractivity contribution in [3.8, 4) is 0 Å². The normalized spacial score (nSPS) is 40.3. The van der Waals surface area contributed by atoms with Crippen LogP contribution in [0, 0.1) is 129 Å². The number of aromatic nitrogens is 8. The van der Waals surface area contributed by atoms with Crippen LogP contribution in [-0.4, -0.2) is 82.9 Å². The first-order chi connectivity index (χ1) is 57.7. The number of carbonyl (C=O) groups excluding carboxylic acids is 2. The van der Waals surface area contributed by atoms with E-state index in [-0.39, 0.29) is 144 Å². The van der Waals surface area contributed by atoms with Crippen LogP contribution in [0.1, 0.15) is 389 Å². The Morgan fingerprint density at radius 3 is 1.06 bits per heavy atom. The molecule has 15 aliphatic carbocycles. The number of nitrogen functional groups attached to an aromatic ring is 3. The first-order valence-electron chi connectivity index (χ1n) is 48.3. The third-order valence-corrected chi connectivity index (χ3v) is 43.3. The number of nitrogens with one attached hydrogen (secondary N) is 4. The molecule has 21 atom stereocenters. The van der Waals surface area contributed by atoms with Crippen LogP contribution >= 0.6 is 60.2 Å². The Hall–Kier alpha value is -2.73. The fourth-order valence-corrected chi connectivity index (χ4v) is 35.8. The van der Waals surface area contributed by atoms with Crippen LogP contribution in [-0.2, 0) is 50.5 Å². The fourth-order valence-electron chi connectivity index (χ4n) is 34.6. The molecular weight excluding hydrogens is 1970 g/mol. The first kappa shape index (κ1) is 107. The number of nitrogens with two attached hydrogens (primary N) is 6. The molecule has 15 aliphatic rings. The Kier molecular flexibility index (Phi) is 30.6. The van der Waals surface area contributed by atoms with Crippen molar-refractivity contribution in [1.82, 2.24) is 45.7 Å². The maximum Gasteiger partial charge on any atom is -0.274 e. The van der Waals surface area contributed by atoms with E-state index >= 15 is 0 Å². The van der Waals surface area contributed by atoms with Gasteiger partial charge in [-0.3, -0.25) is 41.4 Å². The molecule has 9 unspecified atom stereocenters. The summed E-state index contributed by atoms with van der Waals surface area (Å²) in [5, 5.41) is 31.9. The van der Waals surface area contributed by atoms with Crippen molar-refractivity contribution in [1.29, 1.82) is 0 Å². The molecule has 0 radical (unpaired) electrons. The van der Waals surface area contributed by atoms with Crippen LogP contribution in [0.5, 0.6) is 0 Å². The van der Waals surface area contributed by atoms with Crippen molar-refractivity contribution in [3.63, 3.8) is 0 Å². The predicted molar refractivity (Wildman–Crippen MR) is 551 cm³/mol. The number of hydrazine groups is 1. The van der Waals surface area contributed by atoms with E-state index in [2.05, 4.69) is 279 Å². The molecule has 0 saturated heterocycles. The van der Waals surface area contributed by atoms with Gasteiger partial charge in [0.1, 0.15) is 22.5 Å². The molecule has 726 valence electrons. The predicted octanol–water partition coefficient (Wildman–Crippen LogP) is 22.3. The van der Waals surface area contributed by atoms with Gasteiger partial charge in [-0.25, -0.2) is 5.10 Å². The minimum atomic E-state index is -0.361. The summed E-state index contributed by atoms with van der Waals surface area (Å²) in [5.74, 6) is 15.0. The minimum absolute atomic E-state index is 0. The van der Waals surface area contributed by atoms with E-state index < -0.39 is 0 Å². The number of carbonyl (C=O) groups is 2. The second kappa shape index (κ2) is 36.6. The molecule has 9 fully saturated rings. The van der Waals surface area contributed by atoms with E-state index in [1.165, 1.54) is 123 Å². The second-order valence-electron chi connectivity index (χ2n) is 49.2. The van der Waals surface area contributed by atoms with E-state index in [1.807, 2.05) is 0 Å². The second-order valence-corrected chi connectivity index (χ2v) is 66.7. The Labute approximate surface area is 814 Å². The zero-order valence-electron chi connectivity index (χ0n) is 80.7. The van der Waals surface area contributed by atoms with Gasteiger partial charge in [0.05, 0.1) is 12.0 Å². The third kappa shape index (κ3) is 15.8. The minimum Gasteiger partial charge on any atom is -0.274 e. The average molecular weight is 2150 g/mol. The Morgan fingerprint density at radius 2 is 0.742 bits per heavy atom. The number of nitrogens with zero attached hydrogens (tertiary/aromatic N) is 5. The summed E-state index contributed by atoms with van der Waals surface area (Å²) in [6.45, 7) is 62.7. The van der Waals surface area contributed by atoms with Gasteiger partial charge in [0.15, 0.2) is 5.78 Å². The molecule has 16 N–H and O–H groups in total. The molecular formula is C105H178ClI3N15O3S-. The van der Waals surface area contributed by atoms with Gasteiger partial charge < -0.3 is 27.8 Å². The molecule has 18 nitrogen and oxygen atoms in total. The van der Waals surface area contributed by atoms with Gasteiger partial charge >= 0.3 is 55.4 Å². The van der Waals surface area contributed by atoms with Crippen molar-refractivity contribution in [2.45, 2.75) is 391 Å². The average Bonchev–Trinajstić information content (AvgIpc) is 1.08. The summed E-state index contributed by atoms with van der Waals surface area (Å²) in [4.78, 5) is 41.3. The topological polar surface area (TPSA) is 325 Å². The van der Waals surface area contributed by atoms with Gasteiger partial charge in [0.2, 0.25) is 5.24 Å². The van der Waals surface area contributed by atoms with Crippen molar-refractivity contribution < 1.29 is 22.8 Å². The quantitative estimate of drug-likeness (QED) is 0.0270. The summed E-state index contributed by atoms with van der Waals surface area (Å²) in [6, 6.07) is 0. The van der Waals surface area contributed by atoms with Gasteiger partial charge in [-0.05, 0) is 323 Å². The monoisotopic (exact) mass is 2150 g/mol. The smallest absolute Gasteiger partial charge is 0.274 e. The zero-order valence-corrected chi connectivity index (χ0v) is 88.7. The van der Waals surface area contributed by atoms with E-state index in [9.17, 15) is 14.4 Å². The molecule has 0 aliphatic heterocycles. The zero-order chi connectivity index (χ0) is 91.1. The number of aromatic amines is 4. The summed E-state index contributed by atoms with van der Waals surface area (Å²) >= 11 is 13.1. The van der Waals surface area contributed by atoms with Gasteiger partial charge in [-0.15, -0.1) is 0 Å². The van der Waals surface area contributed by atoms with E-state index in [4.69, 9.17) is 34.5 Å². The Balaban J connectivity index is 0.000000185. The number of Topliss-reactive ketones (excluding diaryl/α,β-unsaturated/α-hetero) is 1. The molecule has 19 rings (SSSR count). The summed E-state index contributed by atoms with van der Waals surface area (Å²) in [7, 11) is 0. The third-order valence-electron chi connectivity index (χ3n) is 42.0. The van der Waals surface area contributed by atoms with Gasteiger partial charge in [0, 0.05) is 60.8 Å². The van der Waals surface area contributed by atoms with Crippen LogP contribution in [0.2, 0.25) is 0 Å². The van der Waals surface area contributed by atoms with Crippen LogP contribution in [0.25, 0.3) is 0 Å². The van der Waals surface area contributed by atoms with Crippen molar-refractivity contribution in [2.24, 2.45) is 146 Å². The van der Waals surface area contributed by atoms with E-state index in [1.54, 1.807) is 16.7 Å². The number of ketones is 1. The Bertz CT molecular complexity index is 4840. The van der Waals surface area contributed by atoms with E-state index in [0.29, 0.717) is 89.3 Å². The molecule has 4 aromatic rings. The molecule has 23 heteroatoms. The number of rotatable bonds is 7. The van der Waals surface area contributed by atoms with Crippen molar-refractivity contribution >= 4 is 88.6 Å². The number of hydrogen-bond donors (Lipinski definition) is 10. The number of H-pyrrole nitrogens is 4. The van der Waals surface area contributed by atoms with Crippen LogP contribution in [0.15, 0.2) is 39.7 Å². The summed E-state index contributed by atoms with van der Waals surface area (Å²) in [5.41, 5.74) is 39.7. The SMILES string of the molecule is C.C.C.C.CC1(C)CC[C@]2(C(=O)CN)CC[C@]3(C)C(=CCC4[C@@]5(C)Cc6c(N)n[nH]c6C(C)(C)C5CC[C@]43C)C2C1.CC1(C)CC[C@]2(C(=O)Cl)CC[C@]3(C)C(=CCC4[C@@]5(C)Cc6c(N)n[nH]c6C(C)(C)C5CC[C@]43C)C2C1.CC1(C)CC[C@]2(c3n[nH]c(=O)s3)CC[C@]3(C)C(=CCC4[C@@]5(C)Cc6c(N)n[nH]c6C(C)(C)C5CC[C@]43C)C2C1.CCN(CC)CC.I[I-]I.NN. The molecule has 128 heavy (non-hydrogen) atoms. The largest absolute Gasteiger partial charge is 0.274 e. The molecule has 0 amide bonds. The number of halogens is 4. The first-order valence-corrected chi connectivity index (χ1v) is 62.0. The molecule has 0 bridgehead atoms. The standard InChI is InChI=1S/C32H47N5OS.C32H50N4O.C31H46ClN3O.C6H15N.4CH4.I3.H4N2/c1-27(2)12-14-32(25-36-37-26(38)39-25)15-13-30(6)19(20(32)17-27)8-9-22-29(5)16-18-23(34-35-24(18)33)28(3,4)21(29)10-11-31(22,30)7;1-27(2)12-14-32(24(37)18-33)15-13-30(6)20(21(32)17-27)8-9-23-29(5)16-19-25(35-36-26(19)34)28(3,4)22(29)10-11-31(23,30)7;1-26(2)12-14-31(25(32)36)15-13-29(6)19(20(31)17-26)8-9-22-28(5)16-18-23(34-35-24(18)33)27(3,4)21(28)10-11-30(22,29)7;1-4-7(5-2)6-3;;;;;1-3-2;1-2/h8,20-22H,9-17H2,1-7H3,(H,37,38)(H3,33,34,35);8,21-23H,9-18,33H2,1-7H3,(H3,34,35,36);8,20-22H,9-17H2,1-7H3,(H3,33,34,35);4-6H2,1-3H3;4*1H4;;1-2H2/q;;;;;;;;-1;/t20?,21?,22?,29-,30+,31+,32-;21?,22?,23?,29-,30+,31+,32-;20?,21?,22?,28-,29+,30+,31-;;;;;;;/m000......./s1. The number of anilines is 3. The molecule has 4 heterocycles. The maximum atomic E-state index is 13.5. The van der Waals surface area contributed by atoms with Gasteiger partial charge in [0.25, 0.3) is 0 Å². The molecule has 0 spiro atoms. The molecule has 9 saturated carbocycles. The summed E-state index contributed by atoms with van der Waals surface area (Å²) in [6.07, 6.45) is 38.2. The van der Waals surface area contributed by atoms with Crippen LogP contribution in [0.3, 0.4) is 0 Å². The maximum absolute atomic E-state index is 13.5. The number of allylic oxidation sites excluding steroid dienone is 6.